The summed E-state index contributed by atoms with van der Waals surface area (Å²) in [5.41, 5.74) is 3.90. The Balaban J connectivity index is 1.14. The van der Waals surface area contributed by atoms with Crippen molar-refractivity contribution in [1.29, 1.82) is 0 Å². The number of benzene rings is 2. The van der Waals surface area contributed by atoms with E-state index in [-0.39, 0.29) is 30.0 Å². The van der Waals surface area contributed by atoms with Gasteiger partial charge in [0.2, 0.25) is 23.5 Å². The van der Waals surface area contributed by atoms with E-state index < -0.39 is 0 Å². The predicted octanol–water partition coefficient (Wildman–Crippen LogP) is 4.33. The maximum atomic E-state index is 13.2. The molecular formula is C27H29FN4O3. The van der Waals surface area contributed by atoms with Gasteiger partial charge < -0.3 is 14.3 Å². The number of likely N-dealkylation sites (tertiary alicyclic amines) is 1. The number of anilines is 1. The van der Waals surface area contributed by atoms with Gasteiger partial charge in [-0.3, -0.25) is 9.59 Å². The third kappa shape index (κ3) is 4.97. The fraction of sp³-hybridized carbons (Fsp3) is 0.407. The van der Waals surface area contributed by atoms with Crippen molar-refractivity contribution in [3.05, 3.63) is 65.3 Å². The van der Waals surface area contributed by atoms with E-state index in [1.54, 1.807) is 17.0 Å². The molecule has 7 nitrogen and oxygen atoms in total. The molecule has 2 aliphatic rings. The van der Waals surface area contributed by atoms with Crippen molar-refractivity contribution in [3.8, 4) is 11.4 Å². The summed E-state index contributed by atoms with van der Waals surface area (Å²) in [4.78, 5) is 33.9. The number of aromatic nitrogens is 2. The quantitative estimate of drug-likeness (QED) is 0.548. The van der Waals surface area contributed by atoms with Crippen molar-refractivity contribution in [2.75, 3.05) is 24.5 Å². The van der Waals surface area contributed by atoms with Gasteiger partial charge in [-0.1, -0.05) is 11.2 Å². The van der Waals surface area contributed by atoms with E-state index >= 15 is 0 Å². The normalized spacial score (nSPS) is 18.9. The molecule has 0 aliphatic carbocycles. The number of rotatable bonds is 5. The highest BCUT2D eigenvalue weighted by molar-refractivity contribution is 6.00. The van der Waals surface area contributed by atoms with Gasteiger partial charge >= 0.3 is 0 Å². The van der Waals surface area contributed by atoms with Gasteiger partial charge in [0.15, 0.2) is 0 Å². The van der Waals surface area contributed by atoms with E-state index in [1.165, 1.54) is 17.7 Å². The second-order valence-electron chi connectivity index (χ2n) is 9.67. The van der Waals surface area contributed by atoms with Gasteiger partial charge in [0.05, 0.1) is 5.92 Å². The van der Waals surface area contributed by atoms with E-state index in [9.17, 15) is 14.0 Å². The number of hydrogen-bond donors (Lipinski definition) is 0. The van der Waals surface area contributed by atoms with E-state index in [2.05, 4.69) is 10.1 Å². The van der Waals surface area contributed by atoms with Crippen molar-refractivity contribution >= 4 is 17.5 Å². The van der Waals surface area contributed by atoms with Crippen molar-refractivity contribution < 1.29 is 18.5 Å². The lowest BCUT2D eigenvalue weighted by Gasteiger charge is -2.33. The summed E-state index contributed by atoms with van der Waals surface area (Å²) in [6, 6.07) is 12.0. The second-order valence-corrected chi connectivity index (χ2v) is 9.67. The Labute approximate surface area is 203 Å². The van der Waals surface area contributed by atoms with Crippen LogP contribution in [0.3, 0.4) is 0 Å². The van der Waals surface area contributed by atoms with Gasteiger partial charge in [0, 0.05) is 43.7 Å². The van der Waals surface area contributed by atoms with Crippen molar-refractivity contribution in [3.63, 3.8) is 0 Å². The van der Waals surface area contributed by atoms with Crippen LogP contribution in [-0.2, 0) is 16.0 Å². The molecule has 2 saturated heterocycles. The summed E-state index contributed by atoms with van der Waals surface area (Å²) in [5.74, 6) is 0.826. The van der Waals surface area contributed by atoms with Crippen molar-refractivity contribution in [2.24, 2.45) is 11.8 Å². The molecule has 2 aliphatic heterocycles. The first-order chi connectivity index (χ1) is 16.9. The monoisotopic (exact) mass is 476 g/mol. The number of nitrogens with zero attached hydrogens (tertiary/aromatic N) is 4. The molecule has 0 radical (unpaired) electrons. The highest BCUT2D eigenvalue weighted by Gasteiger charge is 2.38. The maximum absolute atomic E-state index is 13.2. The van der Waals surface area contributed by atoms with Crippen LogP contribution in [0.25, 0.3) is 11.4 Å². The zero-order valence-electron chi connectivity index (χ0n) is 20.0. The Kier molecular flexibility index (Phi) is 6.36. The first-order valence-corrected chi connectivity index (χ1v) is 12.1. The number of hydrogen-bond acceptors (Lipinski definition) is 5. The van der Waals surface area contributed by atoms with E-state index in [0.29, 0.717) is 49.3 Å². The van der Waals surface area contributed by atoms with Gasteiger partial charge in [-0.15, -0.1) is 0 Å². The summed E-state index contributed by atoms with van der Waals surface area (Å²) in [6.45, 7) is 5.84. The number of amides is 2. The summed E-state index contributed by atoms with van der Waals surface area (Å²) in [5, 5.41) is 4.02. The highest BCUT2D eigenvalue weighted by atomic mass is 19.1. The molecule has 0 saturated carbocycles. The lowest BCUT2D eigenvalue weighted by atomic mass is 9.92. The van der Waals surface area contributed by atoms with Gasteiger partial charge in [0.1, 0.15) is 5.82 Å². The maximum Gasteiger partial charge on any atom is 0.228 e. The molecule has 3 heterocycles. The van der Waals surface area contributed by atoms with Crippen LogP contribution in [0.5, 0.6) is 0 Å². The fourth-order valence-electron chi connectivity index (χ4n) is 4.93. The Bertz CT molecular complexity index is 1230. The number of piperidine rings is 1. The van der Waals surface area contributed by atoms with Crippen molar-refractivity contribution in [2.45, 2.75) is 39.5 Å². The fourth-order valence-corrected chi connectivity index (χ4v) is 4.93. The number of carbonyl (C=O) groups excluding carboxylic acids is 2. The Morgan fingerprint density at radius 3 is 2.54 bits per heavy atom. The minimum Gasteiger partial charge on any atom is -0.342 e. The van der Waals surface area contributed by atoms with Crippen LogP contribution in [0.4, 0.5) is 10.1 Å². The minimum atomic E-state index is -0.307. The summed E-state index contributed by atoms with van der Waals surface area (Å²) >= 11 is 0. The van der Waals surface area contributed by atoms with Crippen LogP contribution in [-0.4, -0.2) is 46.5 Å². The highest BCUT2D eigenvalue weighted by Crippen LogP contribution is 2.30. The molecule has 2 aromatic carbocycles. The lowest BCUT2D eigenvalue weighted by Crippen LogP contribution is -2.42. The molecule has 182 valence electrons. The molecule has 1 aromatic heterocycles. The number of aryl methyl sites for hydroxylation is 2. The second kappa shape index (κ2) is 9.60. The summed E-state index contributed by atoms with van der Waals surface area (Å²) < 4.78 is 18.5. The standard InChI is InChI=1S/C27H29FN4O3/c1-17-3-8-23(13-18(17)2)32-16-21(15-25(32)33)27(34)31-11-9-19(10-12-31)14-24-29-26(30-35-24)20-4-6-22(28)7-5-20/h3-8,13,19,21H,9-12,14-16H2,1-2H3/t21-/m0/s1. The smallest absolute Gasteiger partial charge is 0.228 e. The molecule has 1 atom stereocenters. The lowest BCUT2D eigenvalue weighted by molar-refractivity contribution is -0.137. The SMILES string of the molecule is Cc1ccc(N2C[C@@H](C(=O)N3CCC(Cc4nc(-c5ccc(F)cc5)no4)CC3)CC2=O)cc1C. The molecule has 0 N–H and O–H groups in total. The molecule has 8 heteroatoms. The minimum absolute atomic E-state index is 0.00911. The molecular weight excluding hydrogens is 447 g/mol. The van der Waals surface area contributed by atoms with Gasteiger partial charge in [0.25, 0.3) is 0 Å². The average Bonchev–Trinajstić information content (AvgIpc) is 3.48. The van der Waals surface area contributed by atoms with Gasteiger partial charge in [-0.25, -0.2) is 4.39 Å². The third-order valence-electron chi connectivity index (χ3n) is 7.24. The van der Waals surface area contributed by atoms with Crippen LogP contribution < -0.4 is 4.90 Å². The Morgan fingerprint density at radius 1 is 1.09 bits per heavy atom. The van der Waals surface area contributed by atoms with E-state index in [0.717, 1.165) is 24.1 Å². The van der Waals surface area contributed by atoms with Crippen LogP contribution in [0.15, 0.2) is 47.0 Å². The first kappa shape index (κ1) is 23.2. The molecule has 0 bridgehead atoms. The zero-order chi connectivity index (χ0) is 24.5. The molecule has 2 amide bonds. The summed E-state index contributed by atoms with van der Waals surface area (Å²) in [7, 11) is 0. The number of halogens is 1. The van der Waals surface area contributed by atoms with Crippen LogP contribution >= 0.6 is 0 Å². The topological polar surface area (TPSA) is 79.5 Å². The third-order valence-corrected chi connectivity index (χ3v) is 7.24. The summed E-state index contributed by atoms with van der Waals surface area (Å²) in [6.07, 6.45) is 2.61. The molecule has 5 rings (SSSR count). The molecule has 35 heavy (non-hydrogen) atoms. The number of carbonyl (C=O) groups is 2. The average molecular weight is 477 g/mol. The molecule has 0 spiro atoms. The first-order valence-electron chi connectivity index (χ1n) is 12.1. The van der Waals surface area contributed by atoms with Crippen LogP contribution in [0.1, 0.15) is 36.3 Å². The van der Waals surface area contributed by atoms with Gasteiger partial charge in [-0.05, 0) is 80.1 Å². The van der Waals surface area contributed by atoms with E-state index in [4.69, 9.17) is 4.52 Å². The molecule has 3 aromatic rings. The largest absolute Gasteiger partial charge is 0.342 e. The van der Waals surface area contributed by atoms with Crippen molar-refractivity contribution in [1.82, 2.24) is 15.0 Å². The zero-order valence-corrected chi connectivity index (χ0v) is 20.0. The molecule has 2 fully saturated rings. The predicted molar refractivity (Wildman–Crippen MR) is 129 cm³/mol. The van der Waals surface area contributed by atoms with Crippen LogP contribution in [0, 0.1) is 31.5 Å². The molecule has 0 unspecified atom stereocenters. The van der Waals surface area contributed by atoms with Crippen LogP contribution in [0.2, 0.25) is 0 Å². The Hall–Kier alpha value is -3.55. The Morgan fingerprint density at radius 2 is 1.83 bits per heavy atom. The van der Waals surface area contributed by atoms with Gasteiger partial charge in [-0.2, -0.15) is 4.98 Å². The van der Waals surface area contributed by atoms with E-state index in [1.807, 2.05) is 36.9 Å².